The number of hydrogen-bond acceptors (Lipinski definition) is 5. The largest absolute Gasteiger partial charge is 0.354 e. The van der Waals surface area contributed by atoms with Gasteiger partial charge >= 0.3 is 0 Å². The number of para-hydroxylation sites is 2. The van der Waals surface area contributed by atoms with E-state index < -0.39 is 0 Å². The average molecular weight is 421 g/mol. The molecule has 1 fully saturated rings. The third-order valence-electron chi connectivity index (χ3n) is 5.88. The lowest BCUT2D eigenvalue weighted by Gasteiger charge is -2.33. The molecule has 0 bridgehead atoms. The lowest BCUT2D eigenvalue weighted by molar-refractivity contribution is -0.132. The Kier molecular flexibility index (Phi) is 6.20. The molecule has 1 aliphatic rings. The first kappa shape index (κ1) is 21.3. The first-order valence-corrected chi connectivity index (χ1v) is 11.2. The van der Waals surface area contributed by atoms with Crippen LogP contribution in [0.15, 0.2) is 30.3 Å². The molecule has 1 atom stereocenters. The normalized spacial score (nSPS) is 16.8. The maximum absolute atomic E-state index is 12.9. The standard InChI is InChI=1S/C24H32N6O/c1-16(2)30-21-10-6-5-9-20(21)28-23(30)19-8-7-13-29(15-19)22(31)11-12-25-24-26-17(3)14-18(4)27-24/h5-6,9-10,14,16,19H,7-8,11-13,15H2,1-4H3,(H,25,26,27)/t19-/m0/s1. The molecule has 3 heterocycles. The fourth-order valence-corrected chi connectivity index (χ4v) is 4.55. The number of hydrogen-bond donors (Lipinski definition) is 1. The van der Waals surface area contributed by atoms with Crippen molar-refractivity contribution in [3.05, 3.63) is 47.5 Å². The van der Waals surface area contributed by atoms with Gasteiger partial charge < -0.3 is 14.8 Å². The van der Waals surface area contributed by atoms with E-state index in [0.717, 1.165) is 48.7 Å². The zero-order chi connectivity index (χ0) is 22.0. The molecule has 0 unspecified atom stereocenters. The van der Waals surface area contributed by atoms with E-state index in [0.29, 0.717) is 25.0 Å². The Balaban J connectivity index is 1.42. The zero-order valence-corrected chi connectivity index (χ0v) is 18.9. The van der Waals surface area contributed by atoms with Crippen LogP contribution in [0.5, 0.6) is 0 Å². The number of nitrogens with zero attached hydrogens (tertiary/aromatic N) is 5. The second-order valence-corrected chi connectivity index (χ2v) is 8.75. The van der Waals surface area contributed by atoms with Crippen molar-refractivity contribution in [2.75, 3.05) is 25.0 Å². The summed E-state index contributed by atoms with van der Waals surface area (Å²) in [5.41, 5.74) is 4.06. The number of piperidine rings is 1. The molecule has 4 rings (SSSR count). The van der Waals surface area contributed by atoms with E-state index in [1.54, 1.807) is 0 Å². The van der Waals surface area contributed by atoms with Crippen LogP contribution >= 0.6 is 0 Å². The van der Waals surface area contributed by atoms with Gasteiger partial charge in [-0.2, -0.15) is 0 Å². The van der Waals surface area contributed by atoms with Gasteiger partial charge in [-0.3, -0.25) is 4.79 Å². The highest BCUT2D eigenvalue weighted by Gasteiger charge is 2.29. The number of fused-ring (bicyclic) bond motifs is 1. The molecular weight excluding hydrogens is 388 g/mol. The highest BCUT2D eigenvalue weighted by molar-refractivity contribution is 5.77. The van der Waals surface area contributed by atoms with Gasteiger partial charge in [-0.15, -0.1) is 0 Å². The monoisotopic (exact) mass is 420 g/mol. The van der Waals surface area contributed by atoms with Crippen molar-refractivity contribution in [2.24, 2.45) is 0 Å². The Hall–Kier alpha value is -2.96. The smallest absolute Gasteiger partial charge is 0.224 e. The summed E-state index contributed by atoms with van der Waals surface area (Å²) in [5, 5.41) is 3.19. The fraction of sp³-hybridized carbons (Fsp3) is 0.500. The van der Waals surface area contributed by atoms with Crippen LogP contribution in [0.25, 0.3) is 11.0 Å². The van der Waals surface area contributed by atoms with Crippen LogP contribution in [0, 0.1) is 13.8 Å². The van der Waals surface area contributed by atoms with Gasteiger partial charge in [0.1, 0.15) is 5.82 Å². The molecule has 0 radical (unpaired) electrons. The van der Waals surface area contributed by atoms with Crippen molar-refractivity contribution in [3.63, 3.8) is 0 Å². The maximum Gasteiger partial charge on any atom is 0.224 e. The summed E-state index contributed by atoms with van der Waals surface area (Å²) >= 11 is 0. The summed E-state index contributed by atoms with van der Waals surface area (Å²) in [7, 11) is 0. The van der Waals surface area contributed by atoms with E-state index in [2.05, 4.69) is 51.9 Å². The van der Waals surface area contributed by atoms with Gasteiger partial charge in [0.05, 0.1) is 11.0 Å². The molecule has 164 valence electrons. The summed E-state index contributed by atoms with van der Waals surface area (Å²) in [4.78, 5) is 28.6. The molecule has 1 amide bonds. The highest BCUT2D eigenvalue weighted by Crippen LogP contribution is 2.31. The molecule has 1 saturated heterocycles. The molecular formula is C24H32N6O. The second-order valence-electron chi connectivity index (χ2n) is 8.75. The van der Waals surface area contributed by atoms with Gasteiger partial charge in [-0.1, -0.05) is 12.1 Å². The topological polar surface area (TPSA) is 75.9 Å². The Morgan fingerprint density at radius 2 is 1.90 bits per heavy atom. The summed E-state index contributed by atoms with van der Waals surface area (Å²) in [5.74, 6) is 2.14. The number of benzene rings is 1. The minimum atomic E-state index is 0.175. The molecule has 0 spiro atoms. The number of amides is 1. The van der Waals surface area contributed by atoms with Crippen molar-refractivity contribution in [3.8, 4) is 0 Å². The van der Waals surface area contributed by atoms with Gasteiger partial charge in [0, 0.05) is 49.4 Å². The van der Waals surface area contributed by atoms with E-state index in [1.165, 1.54) is 5.52 Å². The summed E-state index contributed by atoms with van der Waals surface area (Å²) in [6.07, 6.45) is 2.50. The molecule has 1 aromatic carbocycles. The fourth-order valence-electron chi connectivity index (χ4n) is 4.55. The number of carbonyl (C=O) groups excluding carboxylic acids is 1. The third-order valence-corrected chi connectivity index (χ3v) is 5.88. The maximum atomic E-state index is 12.9. The predicted octanol–water partition coefficient (Wildman–Crippen LogP) is 4.23. The van der Waals surface area contributed by atoms with Gasteiger partial charge in [-0.05, 0) is 58.7 Å². The molecule has 31 heavy (non-hydrogen) atoms. The van der Waals surface area contributed by atoms with Crippen LogP contribution in [0.2, 0.25) is 0 Å². The lowest BCUT2D eigenvalue weighted by atomic mass is 9.96. The van der Waals surface area contributed by atoms with E-state index in [1.807, 2.05) is 30.9 Å². The van der Waals surface area contributed by atoms with Gasteiger partial charge in [0.25, 0.3) is 0 Å². The van der Waals surface area contributed by atoms with Crippen molar-refractivity contribution in [1.29, 1.82) is 0 Å². The first-order valence-electron chi connectivity index (χ1n) is 11.2. The Labute approximate surface area is 183 Å². The molecule has 7 nitrogen and oxygen atoms in total. The Morgan fingerprint density at radius 3 is 2.65 bits per heavy atom. The van der Waals surface area contributed by atoms with Crippen molar-refractivity contribution in [2.45, 2.75) is 58.9 Å². The van der Waals surface area contributed by atoms with Crippen molar-refractivity contribution >= 4 is 22.9 Å². The van der Waals surface area contributed by atoms with Crippen LogP contribution in [0.3, 0.4) is 0 Å². The van der Waals surface area contributed by atoms with Gasteiger partial charge in [0.2, 0.25) is 11.9 Å². The number of nitrogens with one attached hydrogen (secondary N) is 1. The SMILES string of the molecule is Cc1cc(C)nc(NCCC(=O)N2CCC[C@H](c3nc4ccccc4n3C(C)C)C2)n1. The van der Waals surface area contributed by atoms with Crippen LogP contribution in [-0.2, 0) is 4.79 Å². The first-order chi connectivity index (χ1) is 14.9. The van der Waals surface area contributed by atoms with Crippen molar-refractivity contribution in [1.82, 2.24) is 24.4 Å². The number of carbonyl (C=O) groups is 1. The number of imidazole rings is 1. The molecule has 7 heteroatoms. The number of aryl methyl sites for hydroxylation is 2. The molecule has 0 aliphatic carbocycles. The van der Waals surface area contributed by atoms with E-state index in [4.69, 9.17) is 4.98 Å². The molecule has 0 saturated carbocycles. The predicted molar refractivity (Wildman–Crippen MR) is 123 cm³/mol. The summed E-state index contributed by atoms with van der Waals surface area (Å²) in [6, 6.07) is 10.6. The number of likely N-dealkylation sites (tertiary alicyclic amines) is 1. The second kappa shape index (κ2) is 9.04. The highest BCUT2D eigenvalue weighted by atomic mass is 16.2. The van der Waals surface area contributed by atoms with Gasteiger partial charge in [0.15, 0.2) is 0 Å². The van der Waals surface area contributed by atoms with E-state index in [9.17, 15) is 4.79 Å². The summed E-state index contributed by atoms with van der Waals surface area (Å²) in [6.45, 7) is 10.4. The quantitative estimate of drug-likeness (QED) is 0.646. The van der Waals surface area contributed by atoms with Crippen LogP contribution in [-0.4, -0.2) is 50.0 Å². The number of aromatic nitrogens is 4. The summed E-state index contributed by atoms with van der Waals surface area (Å²) < 4.78 is 2.34. The molecule has 1 N–H and O–H groups in total. The Bertz CT molecular complexity index is 1050. The number of rotatable bonds is 6. The van der Waals surface area contributed by atoms with E-state index >= 15 is 0 Å². The van der Waals surface area contributed by atoms with Crippen LogP contribution in [0.1, 0.15) is 62.3 Å². The van der Waals surface area contributed by atoms with Crippen LogP contribution in [0.4, 0.5) is 5.95 Å². The molecule has 1 aliphatic heterocycles. The zero-order valence-electron chi connectivity index (χ0n) is 18.9. The average Bonchev–Trinajstić information content (AvgIpc) is 3.13. The molecule has 2 aromatic heterocycles. The van der Waals surface area contributed by atoms with Gasteiger partial charge in [-0.25, -0.2) is 15.0 Å². The lowest BCUT2D eigenvalue weighted by Crippen LogP contribution is -2.40. The minimum Gasteiger partial charge on any atom is -0.354 e. The van der Waals surface area contributed by atoms with Crippen molar-refractivity contribution < 1.29 is 4.79 Å². The number of anilines is 1. The molecule has 3 aromatic rings. The Morgan fingerprint density at radius 1 is 1.16 bits per heavy atom. The van der Waals surface area contributed by atoms with Crippen LogP contribution < -0.4 is 5.32 Å². The minimum absolute atomic E-state index is 0.175. The van der Waals surface area contributed by atoms with E-state index in [-0.39, 0.29) is 11.8 Å². The third kappa shape index (κ3) is 4.70.